The summed E-state index contributed by atoms with van der Waals surface area (Å²) in [5, 5.41) is 1.89. The number of benzene rings is 1. The van der Waals surface area contributed by atoms with Crippen LogP contribution in [0.3, 0.4) is 0 Å². The van der Waals surface area contributed by atoms with Gasteiger partial charge in [0.05, 0.1) is 16.3 Å². The SMILES string of the molecule is Cc1ccc(S(=O)(=O)N2CCN(CC(=O)c3cccs3)CC2)cc1C. The number of hydrogen-bond acceptors (Lipinski definition) is 5. The molecule has 2 aromatic rings. The predicted octanol–water partition coefficient (Wildman–Crippen LogP) is 2.55. The largest absolute Gasteiger partial charge is 0.293 e. The average Bonchev–Trinajstić information content (AvgIpc) is 3.12. The lowest BCUT2D eigenvalue weighted by Gasteiger charge is -2.33. The Balaban J connectivity index is 1.63. The van der Waals surface area contributed by atoms with Gasteiger partial charge in [-0.15, -0.1) is 11.3 Å². The van der Waals surface area contributed by atoms with E-state index in [9.17, 15) is 13.2 Å². The van der Waals surface area contributed by atoms with Crippen molar-refractivity contribution in [1.29, 1.82) is 0 Å². The highest BCUT2D eigenvalue weighted by Gasteiger charge is 2.29. The van der Waals surface area contributed by atoms with Gasteiger partial charge in [-0.2, -0.15) is 4.31 Å². The van der Waals surface area contributed by atoms with E-state index in [0.29, 0.717) is 37.6 Å². The summed E-state index contributed by atoms with van der Waals surface area (Å²) >= 11 is 1.44. The lowest BCUT2D eigenvalue weighted by molar-refractivity contribution is 0.0905. The highest BCUT2D eigenvalue weighted by molar-refractivity contribution is 7.89. The second kappa shape index (κ2) is 7.37. The Bertz CT molecular complexity index is 852. The van der Waals surface area contributed by atoms with Crippen LogP contribution in [0.4, 0.5) is 0 Å². The third-order valence-electron chi connectivity index (χ3n) is 4.61. The summed E-state index contributed by atoms with van der Waals surface area (Å²) in [6.45, 7) is 6.19. The van der Waals surface area contributed by atoms with Crippen LogP contribution in [0.25, 0.3) is 0 Å². The lowest BCUT2D eigenvalue weighted by Crippen LogP contribution is -2.49. The summed E-state index contributed by atoms with van der Waals surface area (Å²) in [6.07, 6.45) is 0. The molecule has 3 rings (SSSR count). The van der Waals surface area contributed by atoms with Gasteiger partial charge in [-0.25, -0.2) is 8.42 Å². The van der Waals surface area contributed by atoms with Crippen molar-refractivity contribution in [3.05, 3.63) is 51.7 Å². The van der Waals surface area contributed by atoms with Gasteiger partial charge >= 0.3 is 0 Å². The van der Waals surface area contributed by atoms with Gasteiger partial charge in [0.2, 0.25) is 10.0 Å². The maximum atomic E-state index is 12.8. The molecule has 0 N–H and O–H groups in total. The first-order chi connectivity index (χ1) is 11.9. The van der Waals surface area contributed by atoms with Crippen molar-refractivity contribution in [1.82, 2.24) is 9.21 Å². The molecule has 2 heterocycles. The Morgan fingerprint density at radius 1 is 1.08 bits per heavy atom. The number of sulfonamides is 1. The summed E-state index contributed by atoms with van der Waals surface area (Å²) in [6, 6.07) is 8.94. The zero-order valence-electron chi connectivity index (χ0n) is 14.4. The van der Waals surface area contributed by atoms with Crippen molar-refractivity contribution in [2.45, 2.75) is 18.7 Å². The molecule has 7 heteroatoms. The van der Waals surface area contributed by atoms with E-state index >= 15 is 0 Å². The summed E-state index contributed by atoms with van der Waals surface area (Å²) in [5.41, 5.74) is 2.05. The zero-order chi connectivity index (χ0) is 18.0. The van der Waals surface area contributed by atoms with Crippen molar-refractivity contribution in [3.8, 4) is 0 Å². The third-order valence-corrected chi connectivity index (χ3v) is 7.42. The van der Waals surface area contributed by atoms with Crippen LogP contribution >= 0.6 is 11.3 Å². The first-order valence-electron chi connectivity index (χ1n) is 8.24. The Kier molecular flexibility index (Phi) is 5.38. The predicted molar refractivity (Wildman–Crippen MR) is 99.8 cm³/mol. The molecule has 1 saturated heterocycles. The van der Waals surface area contributed by atoms with Crippen LogP contribution in [0.1, 0.15) is 20.8 Å². The topological polar surface area (TPSA) is 57.7 Å². The van der Waals surface area contributed by atoms with Crippen LogP contribution in [0, 0.1) is 13.8 Å². The van der Waals surface area contributed by atoms with Crippen LogP contribution < -0.4 is 0 Å². The standard InChI is InChI=1S/C18H22N2O3S2/c1-14-5-6-16(12-15(14)2)25(22,23)20-9-7-19(8-10-20)13-17(21)18-4-3-11-24-18/h3-6,11-12H,7-10,13H2,1-2H3. The summed E-state index contributed by atoms with van der Waals surface area (Å²) in [4.78, 5) is 15.3. The van der Waals surface area contributed by atoms with E-state index in [1.807, 2.05) is 42.3 Å². The second-order valence-electron chi connectivity index (χ2n) is 6.33. The maximum absolute atomic E-state index is 12.8. The first kappa shape index (κ1) is 18.3. The molecule has 0 saturated carbocycles. The summed E-state index contributed by atoms with van der Waals surface area (Å²) < 4.78 is 27.1. The van der Waals surface area contributed by atoms with Gasteiger partial charge in [0, 0.05) is 26.2 Å². The normalized spacial score (nSPS) is 16.9. The number of piperazine rings is 1. The molecule has 1 fully saturated rings. The smallest absolute Gasteiger partial charge is 0.243 e. The third kappa shape index (κ3) is 4.00. The van der Waals surface area contributed by atoms with Crippen LogP contribution in [0.2, 0.25) is 0 Å². The van der Waals surface area contributed by atoms with E-state index in [0.717, 1.165) is 16.0 Å². The van der Waals surface area contributed by atoms with Gasteiger partial charge < -0.3 is 0 Å². The summed E-state index contributed by atoms with van der Waals surface area (Å²) in [7, 11) is -3.47. The van der Waals surface area contributed by atoms with Gasteiger partial charge in [-0.1, -0.05) is 12.1 Å². The molecule has 0 amide bonds. The molecule has 0 unspecified atom stereocenters. The van der Waals surface area contributed by atoms with E-state index in [4.69, 9.17) is 0 Å². The number of thiophene rings is 1. The van der Waals surface area contributed by atoms with Crippen LogP contribution in [-0.4, -0.2) is 56.1 Å². The first-order valence-corrected chi connectivity index (χ1v) is 10.6. The fourth-order valence-electron chi connectivity index (χ4n) is 2.87. The number of nitrogens with zero attached hydrogens (tertiary/aromatic N) is 2. The van der Waals surface area contributed by atoms with E-state index in [1.165, 1.54) is 15.6 Å². The van der Waals surface area contributed by atoms with Gasteiger partial charge in [0.15, 0.2) is 5.78 Å². The molecule has 25 heavy (non-hydrogen) atoms. The minimum absolute atomic E-state index is 0.0977. The van der Waals surface area contributed by atoms with Crippen molar-refractivity contribution >= 4 is 27.1 Å². The van der Waals surface area contributed by atoms with Crippen molar-refractivity contribution in [2.75, 3.05) is 32.7 Å². The van der Waals surface area contributed by atoms with E-state index in [2.05, 4.69) is 0 Å². The van der Waals surface area contributed by atoms with Crippen LogP contribution in [-0.2, 0) is 10.0 Å². The molecule has 0 aliphatic carbocycles. The number of ketones is 1. The molecule has 0 atom stereocenters. The van der Waals surface area contributed by atoms with E-state index in [1.54, 1.807) is 12.1 Å². The molecule has 1 aliphatic rings. The molecule has 0 spiro atoms. The number of carbonyl (C=O) groups excluding carboxylic acids is 1. The van der Waals surface area contributed by atoms with E-state index in [-0.39, 0.29) is 5.78 Å². The Morgan fingerprint density at radius 2 is 1.80 bits per heavy atom. The molecule has 0 radical (unpaired) electrons. The monoisotopic (exact) mass is 378 g/mol. The quantitative estimate of drug-likeness (QED) is 0.751. The molecule has 1 aromatic carbocycles. The van der Waals surface area contributed by atoms with E-state index < -0.39 is 10.0 Å². The Labute approximate surface area is 152 Å². The molecular weight excluding hydrogens is 356 g/mol. The number of aryl methyl sites for hydroxylation is 2. The zero-order valence-corrected chi connectivity index (χ0v) is 16.1. The maximum Gasteiger partial charge on any atom is 0.243 e. The Morgan fingerprint density at radius 3 is 2.40 bits per heavy atom. The van der Waals surface area contributed by atoms with Crippen LogP contribution in [0.15, 0.2) is 40.6 Å². The minimum atomic E-state index is -3.47. The number of rotatable bonds is 5. The van der Waals surface area contributed by atoms with Crippen molar-refractivity contribution < 1.29 is 13.2 Å². The molecule has 1 aromatic heterocycles. The fourth-order valence-corrected chi connectivity index (χ4v) is 5.03. The van der Waals surface area contributed by atoms with Gasteiger partial charge in [-0.3, -0.25) is 9.69 Å². The summed E-state index contributed by atoms with van der Waals surface area (Å²) in [5.74, 6) is 0.0977. The molecule has 5 nitrogen and oxygen atoms in total. The average molecular weight is 379 g/mol. The fraction of sp³-hybridized carbons (Fsp3) is 0.389. The van der Waals surface area contributed by atoms with Gasteiger partial charge in [-0.05, 0) is 48.6 Å². The van der Waals surface area contributed by atoms with Crippen molar-refractivity contribution in [2.24, 2.45) is 0 Å². The van der Waals surface area contributed by atoms with Crippen LogP contribution in [0.5, 0.6) is 0 Å². The minimum Gasteiger partial charge on any atom is -0.293 e. The number of carbonyl (C=O) groups is 1. The number of hydrogen-bond donors (Lipinski definition) is 0. The molecule has 134 valence electrons. The molecular formula is C18H22N2O3S2. The second-order valence-corrected chi connectivity index (χ2v) is 9.21. The number of Topliss-reactive ketones (excluding diaryl/α,β-unsaturated/α-hetero) is 1. The van der Waals surface area contributed by atoms with Crippen molar-refractivity contribution in [3.63, 3.8) is 0 Å². The highest BCUT2D eigenvalue weighted by atomic mass is 32.2. The highest BCUT2D eigenvalue weighted by Crippen LogP contribution is 2.20. The van der Waals surface area contributed by atoms with Gasteiger partial charge in [0.25, 0.3) is 0 Å². The Hall–Kier alpha value is -1.54. The molecule has 0 bridgehead atoms. The molecule has 1 aliphatic heterocycles. The lowest BCUT2D eigenvalue weighted by atomic mass is 10.1. The van der Waals surface area contributed by atoms with Gasteiger partial charge in [0.1, 0.15) is 0 Å².